The first-order valence-electron chi connectivity index (χ1n) is 11.4. The number of nitrogens with one attached hydrogen (secondary N) is 1. The summed E-state index contributed by atoms with van der Waals surface area (Å²) in [7, 11) is 1.78. The monoisotopic (exact) mass is 431 g/mol. The second kappa shape index (κ2) is 9.08. The number of nitrogens with zero attached hydrogens (tertiary/aromatic N) is 6. The van der Waals surface area contributed by atoms with E-state index in [0.717, 1.165) is 32.7 Å². The molecule has 0 amide bonds. The first-order chi connectivity index (χ1) is 15.7. The number of piperidine rings is 1. The Morgan fingerprint density at radius 3 is 2.53 bits per heavy atom. The third kappa shape index (κ3) is 4.23. The summed E-state index contributed by atoms with van der Waals surface area (Å²) in [5.41, 5.74) is 3.70. The molecular formula is C24H29N7O. The van der Waals surface area contributed by atoms with Gasteiger partial charge in [0.25, 0.3) is 5.56 Å². The highest BCUT2D eigenvalue weighted by atomic mass is 16.1. The lowest BCUT2D eigenvalue weighted by molar-refractivity contribution is 0.462. The summed E-state index contributed by atoms with van der Waals surface area (Å²) < 4.78 is 1.62. The minimum Gasteiger partial charge on any atom is -0.372 e. The average Bonchev–Trinajstić information content (AvgIpc) is 2.87. The molecule has 5 rings (SSSR count). The molecule has 1 N–H and O–H groups in total. The smallest absolute Gasteiger partial charge is 0.255 e. The van der Waals surface area contributed by atoms with Crippen molar-refractivity contribution in [1.29, 1.82) is 0 Å². The Hall–Kier alpha value is -3.26. The summed E-state index contributed by atoms with van der Waals surface area (Å²) in [6.45, 7) is 4.66. The van der Waals surface area contributed by atoms with Crippen LogP contribution in [0.5, 0.6) is 0 Å². The standard InChI is InChI=1S/C24H29N7O/c1-29-23(32)15-21(20-9-10-25-17-27-20)28-24(29)31-14-11-26-22(16-31)18-5-7-19(8-6-18)30-12-3-2-4-13-30/h5-10,15,17,22,26H,2-4,11-14,16H2,1H3/t22-/m1/s1. The van der Waals surface area contributed by atoms with E-state index >= 15 is 0 Å². The molecular weight excluding hydrogens is 402 g/mol. The number of piperazine rings is 1. The number of hydrogen-bond donors (Lipinski definition) is 1. The zero-order chi connectivity index (χ0) is 21.9. The maximum absolute atomic E-state index is 12.6. The van der Waals surface area contributed by atoms with Crippen LogP contribution in [0.3, 0.4) is 0 Å². The number of anilines is 2. The van der Waals surface area contributed by atoms with Crippen LogP contribution in [0.15, 0.2) is 53.7 Å². The molecule has 2 fully saturated rings. The van der Waals surface area contributed by atoms with Crippen LogP contribution < -0.4 is 20.7 Å². The molecule has 0 radical (unpaired) electrons. The normalized spacial score (nSPS) is 19.2. The molecule has 8 heteroatoms. The van der Waals surface area contributed by atoms with Crippen molar-refractivity contribution >= 4 is 11.6 Å². The zero-order valence-corrected chi connectivity index (χ0v) is 18.4. The topological polar surface area (TPSA) is 79.2 Å². The molecule has 0 aliphatic carbocycles. The van der Waals surface area contributed by atoms with Crippen LogP contribution in [0.25, 0.3) is 11.4 Å². The molecule has 0 saturated carbocycles. The van der Waals surface area contributed by atoms with E-state index in [1.807, 2.05) is 0 Å². The fourth-order valence-corrected chi connectivity index (χ4v) is 4.61. The molecule has 2 aliphatic heterocycles. The predicted octanol–water partition coefficient (Wildman–Crippen LogP) is 2.38. The second-order valence-electron chi connectivity index (χ2n) is 8.53. The quantitative estimate of drug-likeness (QED) is 0.679. The maximum Gasteiger partial charge on any atom is 0.255 e. The van der Waals surface area contributed by atoms with Gasteiger partial charge < -0.3 is 15.1 Å². The van der Waals surface area contributed by atoms with Crippen molar-refractivity contribution in [2.75, 3.05) is 42.5 Å². The molecule has 2 aliphatic rings. The molecule has 1 atom stereocenters. The lowest BCUT2D eigenvalue weighted by Crippen LogP contribution is -2.47. The lowest BCUT2D eigenvalue weighted by atomic mass is 10.0. The summed E-state index contributed by atoms with van der Waals surface area (Å²) >= 11 is 0. The maximum atomic E-state index is 12.6. The molecule has 8 nitrogen and oxygen atoms in total. The van der Waals surface area contributed by atoms with Gasteiger partial charge in [0, 0.05) is 63.8 Å². The van der Waals surface area contributed by atoms with Gasteiger partial charge in [-0.25, -0.2) is 15.0 Å². The second-order valence-corrected chi connectivity index (χ2v) is 8.53. The third-order valence-electron chi connectivity index (χ3n) is 6.43. The fraction of sp³-hybridized carbons (Fsp3) is 0.417. The van der Waals surface area contributed by atoms with Crippen molar-refractivity contribution in [2.24, 2.45) is 7.05 Å². The molecule has 3 aromatic rings. The molecule has 2 saturated heterocycles. The van der Waals surface area contributed by atoms with Crippen LogP contribution in [0.1, 0.15) is 30.9 Å². The Morgan fingerprint density at radius 2 is 1.78 bits per heavy atom. The van der Waals surface area contributed by atoms with E-state index in [1.54, 1.807) is 23.9 Å². The van der Waals surface area contributed by atoms with Crippen molar-refractivity contribution < 1.29 is 0 Å². The van der Waals surface area contributed by atoms with Gasteiger partial charge in [-0.3, -0.25) is 9.36 Å². The molecule has 32 heavy (non-hydrogen) atoms. The fourth-order valence-electron chi connectivity index (χ4n) is 4.61. The Morgan fingerprint density at radius 1 is 0.969 bits per heavy atom. The van der Waals surface area contributed by atoms with Gasteiger partial charge in [0.05, 0.1) is 11.4 Å². The number of hydrogen-bond acceptors (Lipinski definition) is 7. The third-order valence-corrected chi connectivity index (χ3v) is 6.43. The predicted molar refractivity (Wildman–Crippen MR) is 126 cm³/mol. The van der Waals surface area contributed by atoms with Crippen LogP contribution in [0.4, 0.5) is 11.6 Å². The first kappa shape index (κ1) is 20.6. The lowest BCUT2D eigenvalue weighted by Gasteiger charge is -2.35. The molecule has 166 valence electrons. The summed E-state index contributed by atoms with van der Waals surface area (Å²) in [6, 6.07) is 12.4. The summed E-state index contributed by atoms with van der Waals surface area (Å²) in [5, 5.41) is 3.62. The highest BCUT2D eigenvalue weighted by Gasteiger charge is 2.24. The van der Waals surface area contributed by atoms with Gasteiger partial charge in [0.15, 0.2) is 0 Å². The minimum atomic E-state index is -0.0930. The van der Waals surface area contributed by atoms with Crippen molar-refractivity contribution in [3.63, 3.8) is 0 Å². The van der Waals surface area contributed by atoms with Crippen molar-refractivity contribution in [2.45, 2.75) is 25.3 Å². The zero-order valence-electron chi connectivity index (χ0n) is 18.4. The summed E-state index contributed by atoms with van der Waals surface area (Å²) in [5.74, 6) is 0.669. The van der Waals surface area contributed by atoms with Crippen LogP contribution in [-0.2, 0) is 7.05 Å². The van der Waals surface area contributed by atoms with E-state index < -0.39 is 0 Å². The van der Waals surface area contributed by atoms with E-state index in [-0.39, 0.29) is 11.6 Å². The molecule has 0 spiro atoms. The van der Waals surface area contributed by atoms with E-state index in [4.69, 9.17) is 4.98 Å². The van der Waals surface area contributed by atoms with Gasteiger partial charge in [0.2, 0.25) is 5.95 Å². The van der Waals surface area contributed by atoms with Gasteiger partial charge >= 0.3 is 0 Å². The van der Waals surface area contributed by atoms with E-state index in [2.05, 4.69) is 49.4 Å². The Kier molecular flexibility index (Phi) is 5.85. The number of aromatic nitrogens is 4. The summed E-state index contributed by atoms with van der Waals surface area (Å²) in [4.78, 5) is 30.3. The molecule has 4 heterocycles. The largest absolute Gasteiger partial charge is 0.372 e. The Bertz CT molecular complexity index is 1110. The van der Waals surface area contributed by atoms with E-state index in [0.29, 0.717) is 17.3 Å². The Balaban J connectivity index is 1.37. The van der Waals surface area contributed by atoms with Crippen molar-refractivity contribution in [3.05, 3.63) is 64.8 Å². The SMILES string of the molecule is Cn1c(N2CCN[C@@H](c3ccc(N4CCCCC4)cc3)C2)nc(-c2ccncn2)cc1=O. The molecule has 0 unspecified atom stereocenters. The minimum absolute atomic E-state index is 0.0930. The van der Waals surface area contributed by atoms with E-state index in [1.165, 1.54) is 42.9 Å². The van der Waals surface area contributed by atoms with Gasteiger partial charge in [-0.15, -0.1) is 0 Å². The van der Waals surface area contributed by atoms with Crippen molar-refractivity contribution in [3.8, 4) is 11.4 Å². The molecule has 0 bridgehead atoms. The first-order valence-corrected chi connectivity index (χ1v) is 11.4. The van der Waals surface area contributed by atoms with Gasteiger partial charge in [-0.2, -0.15) is 0 Å². The molecule has 1 aromatic carbocycles. The van der Waals surface area contributed by atoms with Crippen LogP contribution in [0.2, 0.25) is 0 Å². The summed E-state index contributed by atoms with van der Waals surface area (Å²) in [6.07, 6.45) is 7.03. The average molecular weight is 432 g/mol. The van der Waals surface area contributed by atoms with Crippen molar-refractivity contribution in [1.82, 2.24) is 24.8 Å². The molecule has 2 aromatic heterocycles. The highest BCUT2D eigenvalue weighted by Crippen LogP contribution is 2.25. The van der Waals surface area contributed by atoms with Crippen LogP contribution in [0, 0.1) is 0 Å². The van der Waals surface area contributed by atoms with Crippen LogP contribution >= 0.6 is 0 Å². The van der Waals surface area contributed by atoms with E-state index in [9.17, 15) is 4.79 Å². The van der Waals surface area contributed by atoms with Crippen LogP contribution in [-0.4, -0.2) is 52.2 Å². The number of benzene rings is 1. The van der Waals surface area contributed by atoms with Gasteiger partial charge in [0.1, 0.15) is 6.33 Å². The Labute approximate surface area is 188 Å². The van der Waals surface area contributed by atoms with Gasteiger partial charge in [-0.1, -0.05) is 12.1 Å². The number of rotatable bonds is 4. The highest BCUT2D eigenvalue weighted by molar-refractivity contribution is 5.55. The van der Waals surface area contributed by atoms with Gasteiger partial charge in [-0.05, 0) is 43.0 Å².